The molecule has 2 N–H and O–H groups in total. The van der Waals surface area contributed by atoms with E-state index in [1.54, 1.807) is 6.07 Å². The molecule has 0 bridgehead atoms. The van der Waals surface area contributed by atoms with Gasteiger partial charge in [-0.15, -0.1) is 0 Å². The van der Waals surface area contributed by atoms with Crippen molar-refractivity contribution < 1.29 is 13.2 Å². The van der Waals surface area contributed by atoms with Crippen LogP contribution in [-0.4, -0.2) is 9.60 Å². The molecule has 1 heterocycles. The molecular weight excluding hydrogens is 383 g/mol. The van der Waals surface area contributed by atoms with Crippen LogP contribution in [0.2, 0.25) is 5.02 Å². The van der Waals surface area contributed by atoms with Crippen molar-refractivity contribution in [1.82, 2.24) is 4.98 Å². The van der Waals surface area contributed by atoms with E-state index in [4.69, 9.17) is 17.0 Å². The Balaban J connectivity index is 2.32. The summed E-state index contributed by atoms with van der Waals surface area (Å²) in [5, 5.41) is 10.5. The van der Waals surface area contributed by atoms with Gasteiger partial charge in [-0.3, -0.25) is 10.4 Å². The Bertz CT molecular complexity index is 704. The lowest BCUT2D eigenvalue weighted by atomic mass is 10.1. The molecule has 0 spiro atoms. The van der Waals surface area contributed by atoms with Gasteiger partial charge >= 0.3 is 6.18 Å². The summed E-state index contributed by atoms with van der Waals surface area (Å²) >= 11 is 8.93. The zero-order valence-corrected chi connectivity index (χ0v) is 13.4. The topological polar surface area (TPSA) is 48.8 Å². The van der Waals surface area contributed by atoms with Gasteiger partial charge in [0.1, 0.15) is 4.62 Å². The SMILES string of the molecule is N=C(Br)c1ccncc1NCc1c(Cl)cccc1C(F)(F)F. The number of rotatable bonds is 4. The number of aromatic nitrogens is 1. The molecule has 3 nitrogen and oxygen atoms in total. The highest BCUT2D eigenvalue weighted by Gasteiger charge is 2.33. The van der Waals surface area contributed by atoms with Gasteiger partial charge in [0, 0.05) is 28.9 Å². The highest BCUT2D eigenvalue weighted by atomic mass is 79.9. The van der Waals surface area contributed by atoms with E-state index >= 15 is 0 Å². The Morgan fingerprint density at radius 1 is 1.32 bits per heavy atom. The molecule has 2 aromatic rings. The second-order valence-electron chi connectivity index (χ2n) is 4.35. The maximum atomic E-state index is 13.0. The van der Waals surface area contributed by atoms with Crippen molar-refractivity contribution in [3.63, 3.8) is 0 Å². The average molecular weight is 393 g/mol. The third-order valence-electron chi connectivity index (χ3n) is 2.94. The van der Waals surface area contributed by atoms with E-state index in [1.807, 2.05) is 0 Å². The van der Waals surface area contributed by atoms with Gasteiger partial charge in [0.05, 0.1) is 17.4 Å². The molecule has 0 aliphatic heterocycles. The van der Waals surface area contributed by atoms with Gasteiger partial charge in [0.15, 0.2) is 0 Å². The van der Waals surface area contributed by atoms with Gasteiger partial charge in [-0.05, 0) is 34.1 Å². The number of benzene rings is 1. The van der Waals surface area contributed by atoms with Crippen molar-refractivity contribution in [2.24, 2.45) is 0 Å². The number of halogens is 5. The molecule has 0 aliphatic carbocycles. The quantitative estimate of drug-likeness (QED) is 0.712. The van der Waals surface area contributed by atoms with Gasteiger partial charge in [-0.1, -0.05) is 17.7 Å². The minimum Gasteiger partial charge on any atom is -0.379 e. The highest BCUT2D eigenvalue weighted by Crippen LogP contribution is 2.35. The lowest BCUT2D eigenvalue weighted by molar-refractivity contribution is -0.138. The van der Waals surface area contributed by atoms with Crippen LogP contribution < -0.4 is 5.32 Å². The minimum atomic E-state index is -4.48. The molecule has 0 amide bonds. The first-order valence-electron chi connectivity index (χ1n) is 6.07. The van der Waals surface area contributed by atoms with Gasteiger partial charge in [0.25, 0.3) is 0 Å². The summed E-state index contributed by atoms with van der Waals surface area (Å²) in [5.74, 6) is 0. The predicted octanol–water partition coefficient (Wildman–Crippen LogP) is 5.09. The van der Waals surface area contributed by atoms with Crippen LogP contribution in [0.4, 0.5) is 18.9 Å². The Kier molecular flexibility index (Phi) is 5.08. The first-order chi connectivity index (χ1) is 10.3. The van der Waals surface area contributed by atoms with Crippen molar-refractivity contribution >= 4 is 37.8 Å². The third-order valence-corrected chi connectivity index (χ3v) is 3.72. The first-order valence-corrected chi connectivity index (χ1v) is 7.24. The second-order valence-corrected chi connectivity index (χ2v) is 5.55. The van der Waals surface area contributed by atoms with E-state index in [9.17, 15) is 13.2 Å². The fraction of sp³-hybridized carbons (Fsp3) is 0.143. The molecule has 22 heavy (non-hydrogen) atoms. The Morgan fingerprint density at radius 2 is 2.05 bits per heavy atom. The van der Waals surface area contributed by atoms with E-state index in [0.29, 0.717) is 11.3 Å². The summed E-state index contributed by atoms with van der Waals surface area (Å²) in [4.78, 5) is 3.90. The normalized spacial score (nSPS) is 11.3. The van der Waals surface area contributed by atoms with Crippen LogP contribution in [0.1, 0.15) is 16.7 Å². The lowest BCUT2D eigenvalue weighted by Gasteiger charge is -2.16. The smallest absolute Gasteiger partial charge is 0.379 e. The molecule has 0 saturated carbocycles. The van der Waals surface area contributed by atoms with E-state index < -0.39 is 11.7 Å². The van der Waals surface area contributed by atoms with Crippen LogP contribution >= 0.6 is 27.5 Å². The maximum absolute atomic E-state index is 13.0. The number of nitrogens with zero attached hydrogens (tertiary/aromatic N) is 1. The molecule has 0 fully saturated rings. The largest absolute Gasteiger partial charge is 0.416 e. The van der Waals surface area contributed by atoms with Gasteiger partial charge in [0.2, 0.25) is 0 Å². The van der Waals surface area contributed by atoms with Crippen molar-refractivity contribution in [3.8, 4) is 0 Å². The summed E-state index contributed by atoms with van der Waals surface area (Å²) in [6, 6.07) is 5.24. The number of hydrogen-bond acceptors (Lipinski definition) is 3. The summed E-state index contributed by atoms with van der Waals surface area (Å²) in [7, 11) is 0. The van der Waals surface area contributed by atoms with Crippen LogP contribution in [0.15, 0.2) is 36.7 Å². The van der Waals surface area contributed by atoms with Crippen LogP contribution in [0.5, 0.6) is 0 Å². The van der Waals surface area contributed by atoms with Crippen molar-refractivity contribution in [1.29, 1.82) is 5.41 Å². The number of anilines is 1. The molecule has 0 aliphatic rings. The third kappa shape index (κ3) is 3.78. The molecule has 0 radical (unpaired) electrons. The summed E-state index contributed by atoms with van der Waals surface area (Å²) in [6.45, 7) is -0.131. The molecule has 116 valence electrons. The average Bonchev–Trinajstić information content (AvgIpc) is 2.45. The molecule has 0 saturated heterocycles. The van der Waals surface area contributed by atoms with Crippen LogP contribution in [0, 0.1) is 5.41 Å². The van der Waals surface area contributed by atoms with E-state index in [2.05, 4.69) is 26.2 Å². The molecule has 0 atom stereocenters. The first kappa shape index (κ1) is 16.8. The van der Waals surface area contributed by atoms with Gasteiger partial charge in [-0.25, -0.2) is 0 Å². The van der Waals surface area contributed by atoms with Crippen molar-refractivity contribution in [3.05, 3.63) is 58.4 Å². The molecule has 0 unspecified atom stereocenters. The zero-order chi connectivity index (χ0) is 16.3. The van der Waals surface area contributed by atoms with E-state index in [0.717, 1.165) is 6.07 Å². The number of nitrogens with one attached hydrogen (secondary N) is 2. The summed E-state index contributed by atoms with van der Waals surface area (Å²) in [5.41, 5.74) is 0.104. The van der Waals surface area contributed by atoms with E-state index in [-0.39, 0.29) is 21.8 Å². The molecule has 1 aromatic carbocycles. The number of pyridine rings is 1. The lowest BCUT2D eigenvalue weighted by Crippen LogP contribution is -2.13. The van der Waals surface area contributed by atoms with Crippen LogP contribution in [-0.2, 0) is 12.7 Å². The fourth-order valence-corrected chi connectivity index (χ4v) is 2.50. The maximum Gasteiger partial charge on any atom is 0.416 e. The van der Waals surface area contributed by atoms with E-state index in [1.165, 1.54) is 24.5 Å². The molecule has 8 heteroatoms. The van der Waals surface area contributed by atoms with Crippen molar-refractivity contribution in [2.75, 3.05) is 5.32 Å². The van der Waals surface area contributed by atoms with Gasteiger partial charge < -0.3 is 5.32 Å². The Morgan fingerprint density at radius 3 is 2.68 bits per heavy atom. The monoisotopic (exact) mass is 391 g/mol. The summed E-state index contributed by atoms with van der Waals surface area (Å²) in [6.07, 6.45) is -1.55. The molecule has 1 aromatic heterocycles. The highest BCUT2D eigenvalue weighted by molar-refractivity contribution is 9.18. The Hall–Kier alpha value is -1.60. The number of hydrogen-bond donors (Lipinski definition) is 2. The van der Waals surface area contributed by atoms with Crippen LogP contribution in [0.3, 0.4) is 0 Å². The number of alkyl halides is 3. The standard InChI is InChI=1S/C14H10BrClF3N3/c15-13(20)8-4-5-21-7-12(8)22-6-9-10(14(17,18)19)2-1-3-11(9)16/h1-5,7,20,22H,6H2. The molecule has 2 rings (SSSR count). The predicted molar refractivity (Wildman–Crippen MR) is 83.8 cm³/mol. The van der Waals surface area contributed by atoms with Gasteiger partial charge in [-0.2, -0.15) is 13.2 Å². The zero-order valence-electron chi connectivity index (χ0n) is 11.0. The molecular formula is C14H10BrClF3N3. The summed E-state index contributed by atoms with van der Waals surface area (Å²) < 4.78 is 39.2. The van der Waals surface area contributed by atoms with Crippen LogP contribution in [0.25, 0.3) is 0 Å². The fourth-order valence-electron chi connectivity index (χ4n) is 1.91. The van der Waals surface area contributed by atoms with Crippen molar-refractivity contribution in [2.45, 2.75) is 12.7 Å². The second kappa shape index (κ2) is 6.66. The Labute approximate surface area is 138 Å². The minimum absolute atomic E-state index is 0.0293.